The van der Waals surface area contributed by atoms with E-state index in [-0.39, 0.29) is 0 Å². The molecule has 5 nitrogen and oxygen atoms in total. The molecule has 0 bridgehead atoms. The molecule has 0 unspecified atom stereocenters. The number of thiazole rings is 1. The standard InChI is InChI=1S/C20H25N5S/c1-24(14-18-21-7-10-26-18)17-11-20(17)5-8-25(9-6-20)13-16-4-2-3-15-12-22-23-19(15)16/h2-4,7,10,12,17H,5-6,8-9,11,13-14H2,1H3,(H,22,23)/t17-/m1/s1. The van der Waals surface area contributed by atoms with Gasteiger partial charge in [0.05, 0.1) is 18.3 Å². The van der Waals surface area contributed by atoms with Crippen LogP contribution in [0.1, 0.15) is 29.8 Å². The molecule has 0 radical (unpaired) electrons. The Hall–Kier alpha value is -1.76. The minimum atomic E-state index is 0.558. The summed E-state index contributed by atoms with van der Waals surface area (Å²) in [6, 6.07) is 7.24. The van der Waals surface area contributed by atoms with Crippen LogP contribution >= 0.6 is 11.3 Å². The molecule has 1 aliphatic heterocycles. The molecule has 5 rings (SSSR count). The monoisotopic (exact) mass is 367 g/mol. The Morgan fingerprint density at radius 1 is 1.35 bits per heavy atom. The lowest BCUT2D eigenvalue weighted by atomic mass is 9.92. The van der Waals surface area contributed by atoms with Gasteiger partial charge < -0.3 is 0 Å². The summed E-state index contributed by atoms with van der Waals surface area (Å²) in [7, 11) is 2.27. The molecule has 1 saturated carbocycles. The van der Waals surface area contributed by atoms with Gasteiger partial charge in [-0.05, 0) is 50.4 Å². The van der Waals surface area contributed by atoms with Crippen LogP contribution in [0.5, 0.6) is 0 Å². The summed E-state index contributed by atoms with van der Waals surface area (Å²) in [5.74, 6) is 0. The van der Waals surface area contributed by atoms with Gasteiger partial charge >= 0.3 is 0 Å². The zero-order valence-corrected chi connectivity index (χ0v) is 16.0. The number of nitrogens with one attached hydrogen (secondary N) is 1. The van der Waals surface area contributed by atoms with Crippen molar-refractivity contribution in [3.05, 3.63) is 46.5 Å². The highest BCUT2D eigenvalue weighted by Gasteiger charge is 2.56. The van der Waals surface area contributed by atoms with E-state index in [1.807, 2.05) is 12.4 Å². The van der Waals surface area contributed by atoms with Crippen LogP contribution in [-0.4, -0.2) is 51.2 Å². The summed E-state index contributed by atoms with van der Waals surface area (Å²) in [6.07, 6.45) is 7.82. The van der Waals surface area contributed by atoms with E-state index < -0.39 is 0 Å². The topological polar surface area (TPSA) is 48.1 Å². The number of rotatable bonds is 5. The first-order valence-corrected chi connectivity index (χ1v) is 10.3. The summed E-state index contributed by atoms with van der Waals surface area (Å²) in [6.45, 7) is 4.42. The second-order valence-corrected chi connectivity index (χ2v) is 8.93. The fourth-order valence-electron chi connectivity index (χ4n) is 4.70. The molecule has 1 aromatic carbocycles. The molecule has 3 aromatic rings. The highest BCUT2D eigenvalue weighted by Crippen LogP contribution is 2.56. The van der Waals surface area contributed by atoms with Gasteiger partial charge in [-0.3, -0.25) is 14.9 Å². The number of hydrogen-bond acceptors (Lipinski definition) is 5. The van der Waals surface area contributed by atoms with E-state index in [0.29, 0.717) is 5.41 Å². The Morgan fingerprint density at radius 2 is 2.23 bits per heavy atom. The van der Waals surface area contributed by atoms with Crippen molar-refractivity contribution in [2.45, 2.75) is 38.4 Å². The third kappa shape index (κ3) is 2.96. The van der Waals surface area contributed by atoms with Gasteiger partial charge in [0, 0.05) is 29.5 Å². The largest absolute Gasteiger partial charge is 0.299 e. The maximum absolute atomic E-state index is 4.44. The lowest BCUT2D eigenvalue weighted by Gasteiger charge is -2.34. The number of likely N-dealkylation sites (tertiary alicyclic amines) is 1. The van der Waals surface area contributed by atoms with Crippen molar-refractivity contribution >= 4 is 22.2 Å². The molecule has 26 heavy (non-hydrogen) atoms. The normalized spacial score (nSPS) is 22.5. The van der Waals surface area contributed by atoms with Gasteiger partial charge in [-0.2, -0.15) is 5.10 Å². The molecule has 1 spiro atoms. The Kier molecular flexibility index (Phi) is 4.07. The van der Waals surface area contributed by atoms with E-state index in [2.05, 4.69) is 55.6 Å². The highest BCUT2D eigenvalue weighted by atomic mass is 32.1. The van der Waals surface area contributed by atoms with Crippen LogP contribution in [0.3, 0.4) is 0 Å². The number of aromatic nitrogens is 3. The minimum absolute atomic E-state index is 0.558. The molecule has 0 amide bonds. The van der Waals surface area contributed by atoms with Crippen molar-refractivity contribution in [1.82, 2.24) is 25.0 Å². The lowest BCUT2D eigenvalue weighted by molar-refractivity contribution is 0.140. The van der Waals surface area contributed by atoms with Crippen LogP contribution in [-0.2, 0) is 13.1 Å². The fourth-order valence-corrected chi connectivity index (χ4v) is 5.38. The van der Waals surface area contributed by atoms with E-state index in [0.717, 1.165) is 19.1 Å². The molecule has 1 saturated heterocycles. The first-order chi connectivity index (χ1) is 12.7. The molecule has 3 heterocycles. The van der Waals surface area contributed by atoms with Gasteiger partial charge in [0.1, 0.15) is 5.01 Å². The minimum Gasteiger partial charge on any atom is -0.299 e. The zero-order chi connectivity index (χ0) is 17.6. The number of H-pyrrole nitrogens is 1. The van der Waals surface area contributed by atoms with E-state index in [1.54, 1.807) is 11.3 Å². The molecule has 1 aliphatic carbocycles. The molecule has 2 aromatic heterocycles. The third-order valence-electron chi connectivity index (χ3n) is 6.36. The first kappa shape index (κ1) is 16.4. The van der Waals surface area contributed by atoms with Crippen molar-refractivity contribution in [3.8, 4) is 0 Å². The Morgan fingerprint density at radius 3 is 3.04 bits per heavy atom. The van der Waals surface area contributed by atoms with Crippen molar-refractivity contribution in [2.75, 3.05) is 20.1 Å². The number of hydrogen-bond donors (Lipinski definition) is 1. The summed E-state index contributed by atoms with van der Waals surface area (Å²) in [5, 5.41) is 11.9. The Balaban J connectivity index is 1.19. The average Bonchev–Trinajstić information content (AvgIpc) is 3.03. The van der Waals surface area contributed by atoms with Crippen molar-refractivity contribution in [3.63, 3.8) is 0 Å². The van der Waals surface area contributed by atoms with Crippen molar-refractivity contribution in [2.24, 2.45) is 5.41 Å². The van der Waals surface area contributed by atoms with Crippen LogP contribution in [0.4, 0.5) is 0 Å². The molecule has 6 heteroatoms. The molecular weight excluding hydrogens is 342 g/mol. The van der Waals surface area contributed by atoms with E-state index in [9.17, 15) is 0 Å². The van der Waals surface area contributed by atoms with Gasteiger partial charge in [-0.25, -0.2) is 4.98 Å². The number of aromatic amines is 1. The number of benzene rings is 1. The third-order valence-corrected chi connectivity index (χ3v) is 7.12. The quantitative estimate of drug-likeness (QED) is 0.750. The van der Waals surface area contributed by atoms with Gasteiger partial charge in [-0.15, -0.1) is 11.3 Å². The van der Waals surface area contributed by atoms with E-state index in [4.69, 9.17) is 0 Å². The van der Waals surface area contributed by atoms with Gasteiger partial charge in [-0.1, -0.05) is 18.2 Å². The average molecular weight is 368 g/mol. The number of nitrogens with zero attached hydrogens (tertiary/aromatic N) is 4. The molecule has 2 fully saturated rings. The molecule has 136 valence electrons. The maximum Gasteiger partial charge on any atom is 0.107 e. The first-order valence-electron chi connectivity index (χ1n) is 9.45. The Labute approximate surface area is 158 Å². The van der Waals surface area contributed by atoms with Gasteiger partial charge in [0.25, 0.3) is 0 Å². The predicted octanol–water partition coefficient (Wildman–Crippen LogP) is 3.51. The second kappa shape index (κ2) is 6.44. The zero-order valence-electron chi connectivity index (χ0n) is 15.2. The summed E-state index contributed by atoms with van der Waals surface area (Å²) in [4.78, 5) is 9.58. The Bertz CT molecular complexity index is 879. The maximum atomic E-state index is 4.44. The lowest BCUT2D eigenvalue weighted by Crippen LogP contribution is -2.37. The number of piperidine rings is 1. The van der Waals surface area contributed by atoms with Crippen molar-refractivity contribution in [1.29, 1.82) is 0 Å². The van der Waals surface area contributed by atoms with Crippen LogP contribution < -0.4 is 0 Å². The van der Waals surface area contributed by atoms with E-state index in [1.165, 1.54) is 53.8 Å². The van der Waals surface area contributed by atoms with Crippen LogP contribution in [0, 0.1) is 5.41 Å². The number of para-hydroxylation sites is 1. The van der Waals surface area contributed by atoms with Gasteiger partial charge in [0.15, 0.2) is 0 Å². The SMILES string of the molecule is CN(Cc1nccs1)[C@@H]1CC12CCN(Cc1cccc3cn[nH]c13)CC2. The molecule has 1 N–H and O–H groups in total. The van der Waals surface area contributed by atoms with Crippen LogP contribution in [0.25, 0.3) is 10.9 Å². The van der Waals surface area contributed by atoms with Crippen molar-refractivity contribution < 1.29 is 0 Å². The second-order valence-electron chi connectivity index (χ2n) is 7.95. The number of fused-ring (bicyclic) bond motifs is 1. The van der Waals surface area contributed by atoms with Gasteiger partial charge in [0.2, 0.25) is 0 Å². The predicted molar refractivity (Wildman–Crippen MR) is 105 cm³/mol. The molecule has 2 aliphatic rings. The molecular formula is C20H25N5S. The highest BCUT2D eigenvalue weighted by molar-refractivity contribution is 7.09. The van der Waals surface area contributed by atoms with E-state index >= 15 is 0 Å². The van der Waals surface area contributed by atoms with Crippen LogP contribution in [0.2, 0.25) is 0 Å². The summed E-state index contributed by atoms with van der Waals surface area (Å²) < 4.78 is 0. The molecule has 1 atom stereocenters. The summed E-state index contributed by atoms with van der Waals surface area (Å²) in [5.41, 5.74) is 3.12. The fraction of sp³-hybridized carbons (Fsp3) is 0.500. The van der Waals surface area contributed by atoms with Crippen LogP contribution in [0.15, 0.2) is 36.0 Å². The smallest absolute Gasteiger partial charge is 0.107 e. The summed E-state index contributed by atoms with van der Waals surface area (Å²) >= 11 is 1.77.